The molecule has 0 heterocycles. The molecule has 0 radical (unpaired) electrons. The highest BCUT2D eigenvalue weighted by Gasteiger charge is 2.21. The number of hydrogen-bond donors (Lipinski definition) is 1. The zero-order valence-electron chi connectivity index (χ0n) is 16.3. The van der Waals surface area contributed by atoms with Crippen LogP contribution in [0.4, 0.5) is 0 Å². The normalized spacial score (nSPS) is 12.8. The molecule has 0 spiro atoms. The van der Waals surface area contributed by atoms with Gasteiger partial charge in [-0.15, -0.1) is 0 Å². The van der Waals surface area contributed by atoms with Gasteiger partial charge in [-0.2, -0.15) is 0 Å². The summed E-state index contributed by atoms with van der Waals surface area (Å²) in [5.74, 6) is 1.94. The molecule has 0 fully saturated rings. The minimum atomic E-state index is -0.616. The molecule has 0 unspecified atom stereocenters. The monoisotopic (exact) mass is 357 g/mol. The van der Waals surface area contributed by atoms with Gasteiger partial charge in [-0.1, -0.05) is 12.1 Å². The van der Waals surface area contributed by atoms with Gasteiger partial charge in [0.25, 0.3) is 5.91 Å². The highest BCUT2D eigenvalue weighted by atomic mass is 16.5. The predicted octanol–water partition coefficient (Wildman–Crippen LogP) is 3.97. The Morgan fingerprint density at radius 3 is 2.38 bits per heavy atom. The maximum Gasteiger partial charge on any atom is 0.261 e. The summed E-state index contributed by atoms with van der Waals surface area (Å²) < 4.78 is 16.5. The van der Waals surface area contributed by atoms with Gasteiger partial charge in [0.05, 0.1) is 20.3 Å². The van der Waals surface area contributed by atoms with Gasteiger partial charge in [-0.05, 0) is 63.1 Å². The van der Waals surface area contributed by atoms with Crippen LogP contribution in [-0.4, -0.2) is 26.2 Å². The first-order chi connectivity index (χ1) is 12.4. The SMILES string of the molecule is COc1ccc(OC)c([C@@H](C)NC(=O)[C@H](C)Oc2cccc(C)c2C)c1. The first-order valence-electron chi connectivity index (χ1n) is 8.62. The molecule has 2 aromatic rings. The van der Waals surface area contributed by atoms with E-state index in [9.17, 15) is 4.79 Å². The molecular weight excluding hydrogens is 330 g/mol. The van der Waals surface area contributed by atoms with Gasteiger partial charge >= 0.3 is 0 Å². The first kappa shape index (κ1) is 19.6. The fourth-order valence-corrected chi connectivity index (χ4v) is 2.68. The van der Waals surface area contributed by atoms with Crippen LogP contribution in [0.5, 0.6) is 17.2 Å². The number of nitrogens with one attached hydrogen (secondary N) is 1. The zero-order chi connectivity index (χ0) is 19.3. The summed E-state index contributed by atoms with van der Waals surface area (Å²) >= 11 is 0. The van der Waals surface area contributed by atoms with Crippen LogP contribution in [0.3, 0.4) is 0 Å². The van der Waals surface area contributed by atoms with Crippen LogP contribution in [0.25, 0.3) is 0 Å². The second-order valence-electron chi connectivity index (χ2n) is 6.30. The summed E-state index contributed by atoms with van der Waals surface area (Å²) in [7, 11) is 3.21. The van der Waals surface area contributed by atoms with Crippen LogP contribution < -0.4 is 19.5 Å². The molecule has 140 valence electrons. The molecule has 2 atom stereocenters. The van der Waals surface area contributed by atoms with Gasteiger partial charge < -0.3 is 19.5 Å². The lowest BCUT2D eigenvalue weighted by atomic mass is 10.1. The Kier molecular flexibility index (Phi) is 6.50. The Morgan fingerprint density at radius 2 is 1.73 bits per heavy atom. The van der Waals surface area contributed by atoms with E-state index in [1.165, 1.54) is 0 Å². The minimum absolute atomic E-state index is 0.191. The number of ether oxygens (including phenoxy) is 3. The summed E-state index contributed by atoms with van der Waals surface area (Å²) in [6.07, 6.45) is -0.616. The lowest BCUT2D eigenvalue weighted by Crippen LogP contribution is -2.38. The van der Waals surface area contributed by atoms with Gasteiger partial charge in [-0.3, -0.25) is 4.79 Å². The molecule has 0 saturated carbocycles. The second kappa shape index (κ2) is 8.61. The molecule has 1 amide bonds. The van der Waals surface area contributed by atoms with Gasteiger partial charge in [0.1, 0.15) is 17.2 Å². The largest absolute Gasteiger partial charge is 0.497 e. The van der Waals surface area contributed by atoms with Crippen LogP contribution in [0.2, 0.25) is 0 Å². The van der Waals surface area contributed by atoms with Crippen molar-refractivity contribution in [3.05, 3.63) is 53.1 Å². The molecule has 0 saturated heterocycles. The van der Waals surface area contributed by atoms with E-state index in [1.807, 2.05) is 57.2 Å². The molecule has 0 aliphatic carbocycles. The van der Waals surface area contributed by atoms with Crippen LogP contribution in [0, 0.1) is 13.8 Å². The van der Waals surface area contributed by atoms with E-state index in [2.05, 4.69) is 5.32 Å². The van der Waals surface area contributed by atoms with Crippen molar-refractivity contribution in [2.45, 2.75) is 39.8 Å². The van der Waals surface area contributed by atoms with E-state index in [1.54, 1.807) is 21.1 Å². The number of benzene rings is 2. The zero-order valence-corrected chi connectivity index (χ0v) is 16.3. The number of aryl methyl sites for hydroxylation is 1. The van der Waals surface area contributed by atoms with Gasteiger partial charge in [0.2, 0.25) is 0 Å². The third-order valence-corrected chi connectivity index (χ3v) is 4.49. The molecule has 5 heteroatoms. The summed E-state index contributed by atoms with van der Waals surface area (Å²) in [6, 6.07) is 11.1. The third kappa shape index (κ3) is 4.48. The van der Waals surface area contributed by atoms with Crippen LogP contribution >= 0.6 is 0 Å². The third-order valence-electron chi connectivity index (χ3n) is 4.49. The molecule has 0 aromatic heterocycles. The molecule has 2 rings (SSSR count). The average Bonchev–Trinajstić information content (AvgIpc) is 2.64. The lowest BCUT2D eigenvalue weighted by molar-refractivity contribution is -0.127. The van der Waals surface area contributed by atoms with Crippen molar-refractivity contribution in [2.75, 3.05) is 14.2 Å². The fourth-order valence-electron chi connectivity index (χ4n) is 2.68. The number of hydrogen-bond acceptors (Lipinski definition) is 4. The summed E-state index contributed by atoms with van der Waals surface area (Å²) in [5, 5.41) is 2.98. The summed E-state index contributed by atoms with van der Waals surface area (Å²) in [4.78, 5) is 12.6. The van der Waals surface area contributed by atoms with Crippen molar-refractivity contribution >= 4 is 5.91 Å². The van der Waals surface area contributed by atoms with Crippen molar-refractivity contribution in [1.29, 1.82) is 0 Å². The number of carbonyl (C=O) groups excluding carboxylic acids is 1. The smallest absolute Gasteiger partial charge is 0.261 e. The van der Waals surface area contributed by atoms with Gasteiger partial charge in [-0.25, -0.2) is 0 Å². The standard InChI is InChI=1S/C21H27NO4/c1-13-8-7-9-19(14(13)2)26-16(4)21(23)22-15(3)18-12-17(24-5)10-11-20(18)25-6/h7-12,15-16H,1-6H3,(H,22,23)/t15-,16+/m1/s1. The van der Waals surface area contributed by atoms with Gasteiger partial charge in [0.15, 0.2) is 6.10 Å². The topological polar surface area (TPSA) is 56.8 Å². The quantitative estimate of drug-likeness (QED) is 0.815. The Labute approximate surface area is 155 Å². The highest BCUT2D eigenvalue weighted by Crippen LogP contribution is 2.29. The van der Waals surface area contributed by atoms with E-state index in [0.29, 0.717) is 11.5 Å². The first-order valence-corrected chi connectivity index (χ1v) is 8.62. The maximum atomic E-state index is 12.6. The van der Waals surface area contributed by atoms with Crippen molar-refractivity contribution in [1.82, 2.24) is 5.32 Å². The average molecular weight is 357 g/mol. The van der Waals surface area contributed by atoms with E-state index in [-0.39, 0.29) is 11.9 Å². The predicted molar refractivity (Wildman–Crippen MR) is 102 cm³/mol. The van der Waals surface area contributed by atoms with Crippen LogP contribution in [-0.2, 0) is 4.79 Å². The number of amides is 1. The summed E-state index contributed by atoms with van der Waals surface area (Å²) in [5.41, 5.74) is 3.01. The van der Waals surface area contributed by atoms with Crippen LogP contribution in [0.15, 0.2) is 36.4 Å². The van der Waals surface area contributed by atoms with Crippen molar-refractivity contribution in [3.8, 4) is 17.2 Å². The van der Waals surface area contributed by atoms with Crippen molar-refractivity contribution in [2.24, 2.45) is 0 Å². The maximum absolute atomic E-state index is 12.6. The van der Waals surface area contributed by atoms with E-state index in [0.717, 1.165) is 22.4 Å². The molecule has 1 N–H and O–H groups in total. The number of methoxy groups -OCH3 is 2. The second-order valence-corrected chi connectivity index (χ2v) is 6.30. The highest BCUT2D eigenvalue weighted by molar-refractivity contribution is 5.81. The lowest BCUT2D eigenvalue weighted by Gasteiger charge is -2.21. The Balaban J connectivity index is 2.10. The Bertz CT molecular complexity index is 773. The number of rotatable bonds is 7. The molecule has 2 aromatic carbocycles. The van der Waals surface area contributed by atoms with E-state index >= 15 is 0 Å². The molecule has 5 nitrogen and oxygen atoms in total. The van der Waals surface area contributed by atoms with Crippen LogP contribution in [0.1, 0.15) is 36.6 Å². The molecule has 0 aliphatic rings. The van der Waals surface area contributed by atoms with E-state index in [4.69, 9.17) is 14.2 Å². The summed E-state index contributed by atoms with van der Waals surface area (Å²) in [6.45, 7) is 7.65. The number of carbonyl (C=O) groups is 1. The Morgan fingerprint density at radius 1 is 1.00 bits per heavy atom. The molecule has 0 bridgehead atoms. The van der Waals surface area contributed by atoms with E-state index < -0.39 is 6.10 Å². The molecule has 26 heavy (non-hydrogen) atoms. The minimum Gasteiger partial charge on any atom is -0.497 e. The molecular formula is C21H27NO4. The Hall–Kier alpha value is -2.69. The van der Waals surface area contributed by atoms with Crippen molar-refractivity contribution in [3.63, 3.8) is 0 Å². The van der Waals surface area contributed by atoms with Gasteiger partial charge in [0, 0.05) is 5.56 Å². The molecule has 0 aliphatic heterocycles. The fraction of sp³-hybridized carbons (Fsp3) is 0.381. The van der Waals surface area contributed by atoms with Crippen molar-refractivity contribution < 1.29 is 19.0 Å².